The maximum atomic E-state index is 10.2. The Morgan fingerprint density at radius 1 is 1.00 bits per heavy atom. The van der Waals surface area contributed by atoms with Gasteiger partial charge in [-0.05, 0) is 24.1 Å². The largest absolute Gasteiger partial charge is 0.387 e. The fourth-order valence-electron chi connectivity index (χ4n) is 2.13. The van der Waals surface area contributed by atoms with Gasteiger partial charge < -0.3 is 10.0 Å². The summed E-state index contributed by atoms with van der Waals surface area (Å²) in [6.45, 7) is 2.68. The second-order valence-electron chi connectivity index (χ2n) is 4.59. The summed E-state index contributed by atoms with van der Waals surface area (Å²) in [6.07, 6.45) is -0.462. The number of aliphatic hydroxyl groups excluding tert-OH is 1. The van der Waals surface area contributed by atoms with Gasteiger partial charge in [0.2, 0.25) is 0 Å². The minimum atomic E-state index is -0.462. The molecule has 0 heterocycles. The fourth-order valence-corrected chi connectivity index (χ4v) is 2.13. The third-order valence-corrected chi connectivity index (χ3v) is 3.16. The van der Waals surface area contributed by atoms with E-state index >= 15 is 0 Å². The SMILES string of the molecule is Cc1ccccc1N(C)CC(O)c1ccccc1. The highest BCUT2D eigenvalue weighted by Crippen LogP contribution is 2.21. The van der Waals surface area contributed by atoms with Crippen LogP contribution in [0.2, 0.25) is 0 Å². The van der Waals surface area contributed by atoms with E-state index in [-0.39, 0.29) is 0 Å². The topological polar surface area (TPSA) is 23.5 Å². The van der Waals surface area contributed by atoms with Gasteiger partial charge in [0, 0.05) is 19.3 Å². The molecule has 2 aromatic carbocycles. The third kappa shape index (κ3) is 2.90. The summed E-state index contributed by atoms with van der Waals surface area (Å²) in [5.41, 5.74) is 3.34. The van der Waals surface area contributed by atoms with Gasteiger partial charge in [0.25, 0.3) is 0 Å². The van der Waals surface area contributed by atoms with Crippen LogP contribution in [0.25, 0.3) is 0 Å². The molecular formula is C16H19NO. The van der Waals surface area contributed by atoms with Gasteiger partial charge in [-0.3, -0.25) is 0 Å². The highest BCUT2D eigenvalue weighted by molar-refractivity contribution is 5.52. The second kappa shape index (κ2) is 5.69. The molecule has 18 heavy (non-hydrogen) atoms. The van der Waals surface area contributed by atoms with Crippen LogP contribution in [-0.4, -0.2) is 18.7 Å². The zero-order valence-electron chi connectivity index (χ0n) is 10.9. The number of nitrogens with zero attached hydrogens (tertiary/aromatic N) is 1. The number of para-hydroxylation sites is 1. The van der Waals surface area contributed by atoms with Crippen molar-refractivity contribution in [1.82, 2.24) is 0 Å². The second-order valence-corrected chi connectivity index (χ2v) is 4.59. The molecule has 2 rings (SSSR count). The summed E-state index contributed by atoms with van der Waals surface area (Å²) in [6, 6.07) is 18.0. The molecule has 0 amide bonds. The summed E-state index contributed by atoms with van der Waals surface area (Å²) >= 11 is 0. The first-order valence-electron chi connectivity index (χ1n) is 6.18. The molecule has 0 saturated heterocycles. The minimum absolute atomic E-state index is 0.462. The van der Waals surface area contributed by atoms with Crippen molar-refractivity contribution in [2.24, 2.45) is 0 Å². The average molecular weight is 241 g/mol. The van der Waals surface area contributed by atoms with Crippen LogP contribution in [0, 0.1) is 6.92 Å². The van der Waals surface area contributed by atoms with E-state index in [1.165, 1.54) is 5.56 Å². The van der Waals surface area contributed by atoms with E-state index in [0.29, 0.717) is 6.54 Å². The normalized spacial score (nSPS) is 12.2. The molecule has 2 heteroatoms. The Hall–Kier alpha value is -1.80. The van der Waals surface area contributed by atoms with Crippen LogP contribution in [0.4, 0.5) is 5.69 Å². The Morgan fingerprint density at radius 2 is 1.61 bits per heavy atom. The number of hydrogen-bond acceptors (Lipinski definition) is 2. The number of benzene rings is 2. The van der Waals surface area contributed by atoms with Crippen molar-refractivity contribution in [3.63, 3.8) is 0 Å². The molecule has 0 saturated carbocycles. The first-order valence-corrected chi connectivity index (χ1v) is 6.18. The molecule has 0 aliphatic carbocycles. The van der Waals surface area contributed by atoms with Crippen molar-refractivity contribution in [1.29, 1.82) is 0 Å². The molecule has 1 N–H and O–H groups in total. The number of aliphatic hydroxyl groups is 1. The molecule has 0 bridgehead atoms. The number of likely N-dealkylation sites (N-methyl/N-ethyl adjacent to an activating group) is 1. The molecule has 0 aliphatic heterocycles. The smallest absolute Gasteiger partial charge is 0.0964 e. The molecule has 1 atom stereocenters. The summed E-state index contributed by atoms with van der Waals surface area (Å²) in [7, 11) is 2.01. The maximum Gasteiger partial charge on any atom is 0.0964 e. The van der Waals surface area contributed by atoms with Gasteiger partial charge in [0.15, 0.2) is 0 Å². The molecule has 0 aliphatic rings. The molecule has 1 unspecified atom stereocenters. The first-order chi connectivity index (χ1) is 8.68. The van der Waals surface area contributed by atoms with Crippen LogP contribution in [0.1, 0.15) is 17.2 Å². The van der Waals surface area contributed by atoms with Crippen molar-refractivity contribution in [2.45, 2.75) is 13.0 Å². The van der Waals surface area contributed by atoms with Crippen LogP contribution in [0.5, 0.6) is 0 Å². The van der Waals surface area contributed by atoms with Crippen molar-refractivity contribution in [3.05, 3.63) is 65.7 Å². The Balaban J connectivity index is 2.08. The van der Waals surface area contributed by atoms with Crippen LogP contribution in [0.3, 0.4) is 0 Å². The Morgan fingerprint density at radius 3 is 2.28 bits per heavy atom. The summed E-state index contributed by atoms with van der Waals surface area (Å²) < 4.78 is 0. The third-order valence-electron chi connectivity index (χ3n) is 3.16. The summed E-state index contributed by atoms with van der Waals surface area (Å²) in [4.78, 5) is 2.09. The Labute approximate surface area is 109 Å². The number of rotatable bonds is 4. The lowest BCUT2D eigenvalue weighted by Gasteiger charge is -2.24. The van der Waals surface area contributed by atoms with Crippen molar-refractivity contribution >= 4 is 5.69 Å². The van der Waals surface area contributed by atoms with E-state index in [9.17, 15) is 5.11 Å². The summed E-state index contributed by atoms with van der Waals surface area (Å²) in [5, 5.41) is 10.2. The fraction of sp³-hybridized carbons (Fsp3) is 0.250. The predicted octanol–water partition coefficient (Wildman–Crippen LogP) is 3.16. The molecule has 0 fully saturated rings. The van der Waals surface area contributed by atoms with Crippen molar-refractivity contribution in [2.75, 3.05) is 18.5 Å². The number of anilines is 1. The Kier molecular flexibility index (Phi) is 4.00. The number of hydrogen-bond donors (Lipinski definition) is 1. The van der Waals surface area contributed by atoms with Crippen LogP contribution in [0.15, 0.2) is 54.6 Å². The van der Waals surface area contributed by atoms with Crippen LogP contribution in [-0.2, 0) is 0 Å². The van der Waals surface area contributed by atoms with Gasteiger partial charge in [0.1, 0.15) is 0 Å². The van der Waals surface area contributed by atoms with Gasteiger partial charge in [0.05, 0.1) is 6.10 Å². The lowest BCUT2D eigenvalue weighted by Crippen LogP contribution is -2.24. The van der Waals surface area contributed by atoms with E-state index in [4.69, 9.17) is 0 Å². The van der Waals surface area contributed by atoms with E-state index in [2.05, 4.69) is 24.0 Å². The average Bonchev–Trinajstić information content (AvgIpc) is 2.40. The van der Waals surface area contributed by atoms with Crippen molar-refractivity contribution in [3.8, 4) is 0 Å². The van der Waals surface area contributed by atoms with E-state index < -0.39 is 6.10 Å². The molecule has 0 spiro atoms. The zero-order valence-corrected chi connectivity index (χ0v) is 10.9. The van der Waals surface area contributed by atoms with Gasteiger partial charge in [-0.2, -0.15) is 0 Å². The lowest BCUT2D eigenvalue weighted by molar-refractivity contribution is 0.185. The van der Waals surface area contributed by atoms with Crippen LogP contribution >= 0.6 is 0 Å². The highest BCUT2D eigenvalue weighted by Gasteiger charge is 2.11. The molecule has 2 aromatic rings. The molecule has 94 valence electrons. The predicted molar refractivity (Wildman–Crippen MR) is 75.9 cm³/mol. The number of aryl methyl sites for hydroxylation is 1. The molecule has 0 radical (unpaired) electrons. The molecular weight excluding hydrogens is 222 g/mol. The van der Waals surface area contributed by atoms with Gasteiger partial charge in [-0.25, -0.2) is 0 Å². The monoisotopic (exact) mass is 241 g/mol. The highest BCUT2D eigenvalue weighted by atomic mass is 16.3. The van der Waals surface area contributed by atoms with Gasteiger partial charge in [-0.1, -0.05) is 48.5 Å². The summed E-state index contributed by atoms with van der Waals surface area (Å²) in [5.74, 6) is 0. The Bertz CT molecular complexity index is 495. The van der Waals surface area contributed by atoms with E-state index in [1.54, 1.807) is 0 Å². The van der Waals surface area contributed by atoms with Gasteiger partial charge in [-0.15, -0.1) is 0 Å². The van der Waals surface area contributed by atoms with Gasteiger partial charge >= 0.3 is 0 Å². The zero-order chi connectivity index (χ0) is 13.0. The minimum Gasteiger partial charge on any atom is -0.387 e. The standard InChI is InChI=1S/C16H19NO/c1-13-8-6-7-11-15(13)17(2)12-16(18)14-9-4-3-5-10-14/h3-11,16,18H,12H2,1-2H3. The van der Waals surface area contributed by atoms with E-state index in [0.717, 1.165) is 11.3 Å². The molecule has 0 aromatic heterocycles. The van der Waals surface area contributed by atoms with Crippen molar-refractivity contribution < 1.29 is 5.11 Å². The lowest BCUT2D eigenvalue weighted by atomic mass is 10.1. The first kappa shape index (κ1) is 12.7. The maximum absolute atomic E-state index is 10.2. The molecule has 2 nitrogen and oxygen atoms in total. The quantitative estimate of drug-likeness (QED) is 0.888. The van der Waals surface area contributed by atoms with E-state index in [1.807, 2.05) is 49.5 Å². The van der Waals surface area contributed by atoms with Crippen LogP contribution < -0.4 is 4.90 Å².